The van der Waals surface area contributed by atoms with Crippen LogP contribution in [-0.2, 0) is 6.18 Å². The SMILES string of the molecule is O=C(c1cc(Cl)ccc1[N+](=O)[O-])N1CCCC(c2nnc(-c3ccc(C(F)(F)F)cc3)o2)C1. The molecule has 3 aromatic rings. The first-order chi connectivity index (χ1) is 15.6. The van der Waals surface area contributed by atoms with E-state index in [1.807, 2.05) is 0 Å². The van der Waals surface area contributed by atoms with Gasteiger partial charge in [-0.25, -0.2) is 0 Å². The van der Waals surface area contributed by atoms with Crippen molar-refractivity contribution in [2.24, 2.45) is 0 Å². The lowest BCUT2D eigenvalue weighted by atomic mass is 9.97. The van der Waals surface area contributed by atoms with Crippen LogP contribution in [0.2, 0.25) is 5.02 Å². The molecule has 2 heterocycles. The van der Waals surface area contributed by atoms with Crippen LogP contribution in [0, 0.1) is 10.1 Å². The molecule has 1 atom stereocenters. The molecule has 0 radical (unpaired) electrons. The van der Waals surface area contributed by atoms with E-state index in [9.17, 15) is 28.1 Å². The number of aromatic nitrogens is 2. The van der Waals surface area contributed by atoms with Gasteiger partial charge in [-0.1, -0.05) is 11.6 Å². The highest BCUT2D eigenvalue weighted by Crippen LogP contribution is 2.33. The Hall–Kier alpha value is -3.47. The smallest absolute Gasteiger partial charge is 0.416 e. The van der Waals surface area contributed by atoms with Gasteiger partial charge in [-0.15, -0.1) is 10.2 Å². The van der Waals surface area contributed by atoms with E-state index in [1.54, 1.807) is 0 Å². The van der Waals surface area contributed by atoms with E-state index in [1.165, 1.54) is 35.2 Å². The molecule has 1 unspecified atom stereocenters. The Morgan fingerprint density at radius 2 is 1.91 bits per heavy atom. The van der Waals surface area contributed by atoms with Gasteiger partial charge in [0, 0.05) is 29.7 Å². The number of nitro groups is 1. The van der Waals surface area contributed by atoms with Gasteiger partial charge in [-0.2, -0.15) is 13.2 Å². The molecule has 0 bridgehead atoms. The largest absolute Gasteiger partial charge is 0.420 e. The van der Waals surface area contributed by atoms with Crippen LogP contribution in [-0.4, -0.2) is 39.0 Å². The van der Waals surface area contributed by atoms with Gasteiger partial charge in [-0.05, 0) is 49.2 Å². The summed E-state index contributed by atoms with van der Waals surface area (Å²) in [5, 5.41) is 19.4. The quantitative estimate of drug-likeness (QED) is 0.369. The Morgan fingerprint density at radius 3 is 2.58 bits per heavy atom. The van der Waals surface area contributed by atoms with E-state index in [0.29, 0.717) is 24.9 Å². The molecular weight excluding hydrogens is 465 g/mol. The number of hydrogen-bond donors (Lipinski definition) is 0. The van der Waals surface area contributed by atoms with E-state index in [4.69, 9.17) is 16.0 Å². The summed E-state index contributed by atoms with van der Waals surface area (Å²) in [6, 6.07) is 8.14. The minimum Gasteiger partial charge on any atom is -0.420 e. The maximum atomic E-state index is 13.0. The molecule has 172 valence electrons. The molecule has 4 rings (SSSR count). The lowest BCUT2D eigenvalue weighted by Gasteiger charge is -2.31. The summed E-state index contributed by atoms with van der Waals surface area (Å²) in [5.74, 6) is -0.552. The van der Waals surface area contributed by atoms with Crippen LogP contribution in [0.1, 0.15) is 40.6 Å². The van der Waals surface area contributed by atoms with Crippen LogP contribution < -0.4 is 0 Å². The van der Waals surface area contributed by atoms with Crippen molar-refractivity contribution in [3.63, 3.8) is 0 Å². The molecule has 2 aromatic carbocycles. The van der Waals surface area contributed by atoms with Crippen molar-refractivity contribution in [3.8, 4) is 11.5 Å². The van der Waals surface area contributed by atoms with Crippen molar-refractivity contribution >= 4 is 23.2 Å². The number of benzene rings is 2. The molecule has 0 spiro atoms. The molecule has 33 heavy (non-hydrogen) atoms. The van der Waals surface area contributed by atoms with Gasteiger partial charge in [0.25, 0.3) is 11.6 Å². The van der Waals surface area contributed by atoms with E-state index in [2.05, 4.69) is 10.2 Å². The Morgan fingerprint density at radius 1 is 1.18 bits per heavy atom. The first kappa shape index (κ1) is 22.7. The number of rotatable bonds is 4. The topological polar surface area (TPSA) is 102 Å². The summed E-state index contributed by atoms with van der Waals surface area (Å²) in [6.45, 7) is 0.579. The lowest BCUT2D eigenvalue weighted by Crippen LogP contribution is -2.39. The third-order valence-corrected chi connectivity index (χ3v) is 5.58. The molecule has 12 heteroatoms. The van der Waals surface area contributed by atoms with E-state index in [0.717, 1.165) is 12.1 Å². The molecule has 0 aliphatic carbocycles. The summed E-state index contributed by atoms with van der Waals surface area (Å²) in [4.78, 5) is 25.1. The third-order valence-electron chi connectivity index (χ3n) is 5.34. The van der Waals surface area contributed by atoms with Gasteiger partial charge in [0.15, 0.2) is 0 Å². The van der Waals surface area contributed by atoms with Crippen LogP contribution in [0.25, 0.3) is 11.5 Å². The maximum Gasteiger partial charge on any atom is 0.416 e. The second-order valence-electron chi connectivity index (χ2n) is 7.53. The molecule has 1 aliphatic rings. The van der Waals surface area contributed by atoms with Gasteiger partial charge in [0.1, 0.15) is 5.56 Å². The number of likely N-dealkylation sites (tertiary alicyclic amines) is 1. The fourth-order valence-corrected chi connectivity index (χ4v) is 3.86. The third kappa shape index (κ3) is 4.82. The molecule has 1 aliphatic heterocycles. The Labute approximate surface area is 190 Å². The van der Waals surface area contributed by atoms with Crippen molar-refractivity contribution in [1.82, 2.24) is 15.1 Å². The number of hydrogen-bond acceptors (Lipinski definition) is 6. The zero-order valence-corrected chi connectivity index (χ0v) is 17.6. The normalized spacial score (nSPS) is 16.6. The molecule has 8 nitrogen and oxygen atoms in total. The Bertz CT molecular complexity index is 1200. The fourth-order valence-electron chi connectivity index (χ4n) is 3.69. The van der Waals surface area contributed by atoms with Crippen LogP contribution in [0.3, 0.4) is 0 Å². The van der Waals surface area contributed by atoms with Crippen molar-refractivity contribution in [2.45, 2.75) is 24.9 Å². The van der Waals surface area contributed by atoms with E-state index >= 15 is 0 Å². The molecule has 1 aromatic heterocycles. The monoisotopic (exact) mass is 480 g/mol. The number of carbonyl (C=O) groups is 1. The zero-order chi connectivity index (χ0) is 23.8. The van der Waals surface area contributed by atoms with Crippen LogP contribution in [0.5, 0.6) is 0 Å². The van der Waals surface area contributed by atoms with Crippen LogP contribution in [0.15, 0.2) is 46.9 Å². The first-order valence-electron chi connectivity index (χ1n) is 9.87. The van der Waals surface area contributed by atoms with Gasteiger partial charge >= 0.3 is 6.18 Å². The average Bonchev–Trinajstić information content (AvgIpc) is 3.28. The minimum absolute atomic E-state index is 0.0626. The summed E-state index contributed by atoms with van der Waals surface area (Å²) >= 11 is 5.94. The molecule has 1 saturated heterocycles. The van der Waals surface area contributed by atoms with Crippen molar-refractivity contribution in [1.29, 1.82) is 0 Å². The summed E-state index contributed by atoms with van der Waals surface area (Å²) in [6.07, 6.45) is -3.21. The second kappa shape index (κ2) is 8.81. The lowest BCUT2D eigenvalue weighted by molar-refractivity contribution is -0.385. The van der Waals surface area contributed by atoms with E-state index < -0.39 is 22.6 Å². The number of alkyl halides is 3. The predicted molar refractivity (Wildman–Crippen MR) is 111 cm³/mol. The summed E-state index contributed by atoms with van der Waals surface area (Å²) in [5.41, 5.74) is -0.902. The number of halogens is 4. The van der Waals surface area contributed by atoms with Crippen molar-refractivity contribution in [2.75, 3.05) is 13.1 Å². The number of nitrogens with zero attached hydrogens (tertiary/aromatic N) is 4. The molecule has 1 amide bonds. The summed E-state index contributed by atoms with van der Waals surface area (Å²) < 4.78 is 43.9. The molecule has 0 saturated carbocycles. The highest BCUT2D eigenvalue weighted by molar-refractivity contribution is 6.31. The standard InChI is InChI=1S/C21H16ClF3N4O4/c22-15-7-8-17(29(31)32)16(10-15)20(30)28-9-1-2-13(11-28)19-27-26-18(33-19)12-3-5-14(6-4-12)21(23,24)25/h3-8,10,13H,1-2,9,11H2. The van der Waals surface area contributed by atoms with Crippen molar-refractivity contribution < 1.29 is 27.3 Å². The fraction of sp³-hybridized carbons (Fsp3) is 0.286. The highest BCUT2D eigenvalue weighted by Gasteiger charge is 2.33. The summed E-state index contributed by atoms with van der Waals surface area (Å²) in [7, 11) is 0. The number of piperidine rings is 1. The number of nitro benzene ring substituents is 1. The number of carbonyl (C=O) groups excluding carboxylic acids is 1. The predicted octanol–water partition coefficient (Wildman–Crippen LogP) is 5.34. The average molecular weight is 481 g/mol. The van der Waals surface area contributed by atoms with Gasteiger partial charge in [-0.3, -0.25) is 14.9 Å². The van der Waals surface area contributed by atoms with Crippen LogP contribution >= 0.6 is 11.6 Å². The minimum atomic E-state index is -4.45. The second-order valence-corrected chi connectivity index (χ2v) is 7.97. The zero-order valence-electron chi connectivity index (χ0n) is 16.9. The number of amides is 1. The van der Waals surface area contributed by atoms with Crippen LogP contribution in [0.4, 0.5) is 18.9 Å². The van der Waals surface area contributed by atoms with Crippen molar-refractivity contribution in [3.05, 3.63) is 74.6 Å². The molecular formula is C21H16ClF3N4O4. The van der Waals surface area contributed by atoms with E-state index in [-0.39, 0.29) is 40.5 Å². The highest BCUT2D eigenvalue weighted by atomic mass is 35.5. The van der Waals surface area contributed by atoms with Gasteiger partial charge in [0.2, 0.25) is 11.8 Å². The first-order valence-corrected chi connectivity index (χ1v) is 10.3. The van der Waals surface area contributed by atoms with Gasteiger partial charge < -0.3 is 9.32 Å². The molecule has 0 N–H and O–H groups in total. The molecule has 1 fully saturated rings. The van der Waals surface area contributed by atoms with Gasteiger partial charge in [0.05, 0.1) is 16.4 Å². The Kier molecular flexibility index (Phi) is 6.07. The Balaban J connectivity index is 1.52. The maximum absolute atomic E-state index is 13.0.